The van der Waals surface area contributed by atoms with Gasteiger partial charge in [-0.05, 0) is 49.2 Å². The molecular formula is C24H24FNO4. The third-order valence-corrected chi connectivity index (χ3v) is 5.42. The second kappa shape index (κ2) is 9.32. The number of carbonyl (C=O) groups is 2. The number of Topliss-reactive ketones (excluding diaryl/α,β-unsaturated/α-hetero) is 1. The monoisotopic (exact) mass is 409 g/mol. The van der Waals surface area contributed by atoms with Gasteiger partial charge >= 0.3 is 0 Å². The molecule has 4 rings (SSSR count). The van der Waals surface area contributed by atoms with E-state index in [1.807, 2.05) is 0 Å². The zero-order valence-corrected chi connectivity index (χ0v) is 16.7. The van der Waals surface area contributed by atoms with Crippen molar-refractivity contribution in [3.8, 4) is 5.75 Å². The molecule has 1 aliphatic heterocycles. The zero-order valence-electron chi connectivity index (χ0n) is 16.7. The maximum Gasteiger partial charge on any atom is 0.194 e. The number of benzene rings is 2. The lowest BCUT2D eigenvalue weighted by Gasteiger charge is -2.26. The van der Waals surface area contributed by atoms with Gasteiger partial charge in [0.05, 0.1) is 25.4 Å². The Labute approximate surface area is 175 Å². The number of morpholine rings is 1. The number of ketones is 2. The van der Waals surface area contributed by atoms with Gasteiger partial charge in [0.25, 0.3) is 0 Å². The fourth-order valence-corrected chi connectivity index (χ4v) is 3.80. The fourth-order valence-electron chi connectivity index (χ4n) is 3.80. The first kappa shape index (κ1) is 20.4. The highest BCUT2D eigenvalue weighted by molar-refractivity contribution is 6.39. The molecule has 0 radical (unpaired) electrons. The predicted octanol–water partition coefficient (Wildman–Crippen LogP) is 3.78. The smallest absolute Gasteiger partial charge is 0.194 e. The Morgan fingerprint density at radius 1 is 1.00 bits per heavy atom. The van der Waals surface area contributed by atoms with E-state index in [9.17, 15) is 14.0 Å². The highest BCUT2D eigenvalue weighted by Crippen LogP contribution is 2.33. The molecule has 1 aliphatic carbocycles. The molecule has 2 aromatic carbocycles. The van der Waals surface area contributed by atoms with Gasteiger partial charge in [-0.3, -0.25) is 14.5 Å². The third kappa shape index (κ3) is 4.50. The maximum atomic E-state index is 13.2. The third-order valence-electron chi connectivity index (χ3n) is 5.42. The van der Waals surface area contributed by atoms with Crippen molar-refractivity contribution in [3.63, 3.8) is 0 Å². The van der Waals surface area contributed by atoms with Gasteiger partial charge in [0.1, 0.15) is 11.6 Å². The lowest BCUT2D eigenvalue weighted by Crippen LogP contribution is -2.36. The van der Waals surface area contributed by atoms with E-state index < -0.39 is 5.82 Å². The first-order valence-corrected chi connectivity index (χ1v) is 10.3. The summed E-state index contributed by atoms with van der Waals surface area (Å²) in [6.07, 6.45) is 3.18. The average Bonchev–Trinajstić information content (AvgIpc) is 2.77. The topological polar surface area (TPSA) is 55.8 Å². The minimum atomic E-state index is -0.390. The van der Waals surface area contributed by atoms with Crippen molar-refractivity contribution in [2.75, 3.05) is 39.5 Å². The van der Waals surface area contributed by atoms with Gasteiger partial charge in [0, 0.05) is 24.2 Å². The van der Waals surface area contributed by atoms with Crippen molar-refractivity contribution >= 4 is 17.1 Å². The number of carbonyl (C=O) groups excluding carboxylic acids is 2. The van der Waals surface area contributed by atoms with Crippen molar-refractivity contribution in [3.05, 3.63) is 71.0 Å². The second-order valence-corrected chi connectivity index (χ2v) is 7.45. The number of ether oxygens (including phenoxy) is 2. The van der Waals surface area contributed by atoms with Gasteiger partial charge in [-0.2, -0.15) is 0 Å². The zero-order chi connectivity index (χ0) is 20.9. The lowest BCUT2D eigenvalue weighted by atomic mass is 9.86. The Balaban J connectivity index is 1.41. The highest BCUT2D eigenvalue weighted by atomic mass is 19.1. The van der Waals surface area contributed by atoms with E-state index in [1.165, 1.54) is 30.3 Å². The van der Waals surface area contributed by atoms with Crippen LogP contribution >= 0.6 is 0 Å². The van der Waals surface area contributed by atoms with E-state index in [2.05, 4.69) is 4.90 Å². The van der Waals surface area contributed by atoms with E-state index in [1.54, 1.807) is 18.2 Å². The predicted molar refractivity (Wildman–Crippen MR) is 111 cm³/mol. The second-order valence-electron chi connectivity index (χ2n) is 7.45. The molecule has 0 aromatic heterocycles. The molecule has 1 saturated heterocycles. The van der Waals surface area contributed by atoms with Gasteiger partial charge in [0.15, 0.2) is 11.6 Å². The van der Waals surface area contributed by atoms with E-state index in [0.29, 0.717) is 29.0 Å². The van der Waals surface area contributed by atoms with Gasteiger partial charge in [-0.25, -0.2) is 4.39 Å². The van der Waals surface area contributed by atoms with Crippen LogP contribution in [0.5, 0.6) is 5.75 Å². The molecule has 5 nitrogen and oxygen atoms in total. The molecule has 6 heteroatoms. The Morgan fingerprint density at radius 2 is 1.77 bits per heavy atom. The van der Waals surface area contributed by atoms with Gasteiger partial charge in [0.2, 0.25) is 0 Å². The summed E-state index contributed by atoms with van der Waals surface area (Å²) in [5, 5.41) is 0. The summed E-state index contributed by atoms with van der Waals surface area (Å²) in [4.78, 5) is 28.1. The van der Waals surface area contributed by atoms with Crippen LogP contribution in [0.25, 0.3) is 5.57 Å². The van der Waals surface area contributed by atoms with Crippen LogP contribution in [-0.4, -0.2) is 55.9 Å². The van der Waals surface area contributed by atoms with Crippen molar-refractivity contribution in [1.29, 1.82) is 0 Å². The van der Waals surface area contributed by atoms with Crippen molar-refractivity contribution in [2.45, 2.75) is 12.8 Å². The number of halogens is 1. The first-order chi connectivity index (χ1) is 14.6. The summed E-state index contributed by atoms with van der Waals surface area (Å²) < 4.78 is 24.4. The highest BCUT2D eigenvalue weighted by Gasteiger charge is 2.29. The molecule has 156 valence electrons. The van der Waals surface area contributed by atoms with E-state index >= 15 is 0 Å². The summed E-state index contributed by atoms with van der Waals surface area (Å²) in [5.74, 6) is -0.480. The molecule has 0 atom stereocenters. The molecule has 0 spiro atoms. The summed E-state index contributed by atoms with van der Waals surface area (Å²) in [5.41, 5.74) is 1.43. The summed E-state index contributed by atoms with van der Waals surface area (Å²) >= 11 is 0. The van der Waals surface area contributed by atoms with Crippen LogP contribution < -0.4 is 4.74 Å². The lowest BCUT2D eigenvalue weighted by molar-refractivity contribution is 0.0368. The van der Waals surface area contributed by atoms with Crippen LogP contribution in [0.3, 0.4) is 0 Å². The summed E-state index contributed by atoms with van der Waals surface area (Å²) in [7, 11) is 0. The number of nitrogens with zero attached hydrogens (tertiary/aromatic N) is 1. The van der Waals surface area contributed by atoms with Gasteiger partial charge in [-0.1, -0.05) is 24.3 Å². The van der Waals surface area contributed by atoms with Crippen LogP contribution in [0.2, 0.25) is 0 Å². The van der Waals surface area contributed by atoms with Crippen LogP contribution in [0.4, 0.5) is 4.39 Å². The molecule has 0 unspecified atom stereocenters. The molecule has 0 bridgehead atoms. The Morgan fingerprint density at radius 3 is 2.53 bits per heavy atom. The normalized spacial score (nSPS) is 16.9. The quantitative estimate of drug-likeness (QED) is 0.652. The molecule has 2 aliphatic rings. The summed E-state index contributed by atoms with van der Waals surface area (Å²) in [6, 6.07) is 10.7. The van der Waals surface area contributed by atoms with Crippen LogP contribution in [0.1, 0.15) is 39.1 Å². The molecule has 30 heavy (non-hydrogen) atoms. The number of fused-ring (bicyclic) bond motifs is 1. The molecular weight excluding hydrogens is 385 g/mol. The number of rotatable bonds is 7. The molecule has 0 amide bonds. The Kier molecular flexibility index (Phi) is 6.35. The van der Waals surface area contributed by atoms with Crippen molar-refractivity contribution in [2.24, 2.45) is 0 Å². The standard InChI is InChI=1S/C24H24FNO4/c25-18-8-6-17(7-9-18)20-16-21(27)23-19(24(20)28)4-3-5-22(23)30-13-2-1-10-26-11-14-29-15-12-26/h3-9,16H,1-2,10-15H2. The van der Waals surface area contributed by atoms with E-state index in [0.717, 1.165) is 45.7 Å². The van der Waals surface area contributed by atoms with Crippen molar-refractivity contribution in [1.82, 2.24) is 4.90 Å². The largest absolute Gasteiger partial charge is 0.493 e. The number of hydrogen-bond donors (Lipinski definition) is 0. The minimum absolute atomic E-state index is 0.256. The van der Waals surface area contributed by atoms with Crippen LogP contribution in [-0.2, 0) is 4.74 Å². The molecule has 1 fully saturated rings. The maximum absolute atomic E-state index is 13.2. The number of unbranched alkanes of at least 4 members (excludes halogenated alkanes) is 1. The van der Waals surface area contributed by atoms with Gasteiger partial charge < -0.3 is 9.47 Å². The SMILES string of the molecule is O=C1C(c2ccc(F)cc2)=CC(=O)c2c(OCCCCN3CCOCC3)cccc21. The Hall–Kier alpha value is -2.83. The molecule has 1 heterocycles. The first-order valence-electron chi connectivity index (χ1n) is 10.3. The minimum Gasteiger partial charge on any atom is -0.493 e. The average molecular weight is 409 g/mol. The number of allylic oxidation sites excluding steroid dienone is 2. The van der Waals surface area contributed by atoms with Crippen molar-refractivity contribution < 1.29 is 23.5 Å². The van der Waals surface area contributed by atoms with E-state index in [4.69, 9.17) is 9.47 Å². The van der Waals surface area contributed by atoms with E-state index in [-0.39, 0.29) is 17.1 Å². The fraction of sp³-hybridized carbons (Fsp3) is 0.333. The van der Waals surface area contributed by atoms with Crippen LogP contribution in [0, 0.1) is 5.82 Å². The molecule has 2 aromatic rings. The summed E-state index contributed by atoms with van der Waals surface area (Å²) in [6.45, 7) is 4.99. The molecule has 0 saturated carbocycles. The Bertz CT molecular complexity index is 962. The number of hydrogen-bond acceptors (Lipinski definition) is 5. The van der Waals surface area contributed by atoms with Gasteiger partial charge in [-0.15, -0.1) is 0 Å². The van der Waals surface area contributed by atoms with Crippen LogP contribution in [0.15, 0.2) is 48.5 Å². The molecule has 0 N–H and O–H groups in total.